The van der Waals surface area contributed by atoms with Crippen LogP contribution in [-0.2, 0) is 19.4 Å². The van der Waals surface area contributed by atoms with Gasteiger partial charge in [-0.3, -0.25) is 0 Å². The summed E-state index contributed by atoms with van der Waals surface area (Å²) in [4.78, 5) is 4.37. The molecule has 3 aromatic rings. The predicted octanol–water partition coefficient (Wildman–Crippen LogP) is 2.87. The van der Waals surface area contributed by atoms with Crippen molar-refractivity contribution in [2.24, 2.45) is 0 Å². The second-order valence-corrected chi connectivity index (χ2v) is 6.92. The highest BCUT2D eigenvalue weighted by Crippen LogP contribution is 2.15. The van der Waals surface area contributed by atoms with Gasteiger partial charge in [-0.25, -0.2) is 9.37 Å². The van der Waals surface area contributed by atoms with Gasteiger partial charge in [-0.2, -0.15) is 4.68 Å². The van der Waals surface area contributed by atoms with Crippen LogP contribution < -0.4 is 5.32 Å². The molecule has 0 bridgehead atoms. The summed E-state index contributed by atoms with van der Waals surface area (Å²) < 4.78 is 14.7. The molecule has 0 unspecified atom stereocenters. The highest BCUT2D eigenvalue weighted by Gasteiger charge is 2.20. The lowest BCUT2D eigenvalue weighted by Crippen LogP contribution is -2.41. The van der Waals surface area contributed by atoms with Gasteiger partial charge in [0.2, 0.25) is 0 Å². The first kappa shape index (κ1) is 18.1. The first-order chi connectivity index (χ1) is 12.5. The summed E-state index contributed by atoms with van der Waals surface area (Å²) in [5.74, 6) is 1.18. The first-order valence-corrected chi connectivity index (χ1v) is 8.69. The lowest BCUT2D eigenvalue weighted by Gasteiger charge is -2.26. The fourth-order valence-electron chi connectivity index (χ4n) is 2.78. The van der Waals surface area contributed by atoms with Crippen molar-refractivity contribution in [1.29, 1.82) is 0 Å². The fourth-order valence-corrected chi connectivity index (χ4v) is 2.78. The van der Waals surface area contributed by atoms with Crippen LogP contribution >= 0.6 is 0 Å². The highest BCUT2D eigenvalue weighted by atomic mass is 19.1. The van der Waals surface area contributed by atoms with Crippen LogP contribution in [0.15, 0.2) is 42.6 Å². The van der Waals surface area contributed by atoms with Gasteiger partial charge in [0.1, 0.15) is 5.82 Å². The summed E-state index contributed by atoms with van der Waals surface area (Å²) in [7, 11) is 0. The van der Waals surface area contributed by atoms with Crippen LogP contribution in [-0.4, -0.2) is 30.7 Å². The lowest BCUT2D eigenvalue weighted by molar-refractivity contribution is 0.376. The van der Waals surface area contributed by atoms with E-state index in [-0.39, 0.29) is 11.4 Å². The molecule has 0 amide bonds. The summed E-state index contributed by atoms with van der Waals surface area (Å²) in [6, 6.07) is 10.6. The van der Waals surface area contributed by atoms with Crippen LogP contribution in [0.2, 0.25) is 0 Å². The van der Waals surface area contributed by atoms with Gasteiger partial charge in [-0.15, -0.1) is 5.10 Å². The Hall–Kier alpha value is -2.67. The molecule has 26 heavy (non-hydrogen) atoms. The van der Waals surface area contributed by atoms with E-state index in [1.807, 2.05) is 24.3 Å². The van der Waals surface area contributed by atoms with Crippen molar-refractivity contribution in [2.75, 3.05) is 0 Å². The number of nitrogens with one attached hydrogen (secondary N) is 1. The molecule has 0 spiro atoms. The van der Waals surface area contributed by atoms with Crippen LogP contribution in [0.4, 0.5) is 4.39 Å². The van der Waals surface area contributed by atoms with Gasteiger partial charge in [0.15, 0.2) is 11.6 Å². The molecule has 0 saturated heterocycles. The molecular formula is C19H23FN6. The Morgan fingerprint density at radius 2 is 1.88 bits per heavy atom. The zero-order valence-corrected chi connectivity index (χ0v) is 15.3. The van der Waals surface area contributed by atoms with Gasteiger partial charge in [-0.1, -0.05) is 19.1 Å². The van der Waals surface area contributed by atoms with Crippen molar-refractivity contribution < 1.29 is 4.39 Å². The molecule has 1 N–H and O–H groups in total. The number of hydrogen-bond acceptors (Lipinski definition) is 5. The van der Waals surface area contributed by atoms with Crippen molar-refractivity contribution in [2.45, 2.75) is 45.7 Å². The van der Waals surface area contributed by atoms with Gasteiger partial charge < -0.3 is 5.32 Å². The number of tetrazole rings is 1. The Bertz CT molecular complexity index is 856. The first-order valence-electron chi connectivity index (χ1n) is 8.69. The molecule has 0 aliphatic heterocycles. The van der Waals surface area contributed by atoms with E-state index in [9.17, 15) is 4.39 Å². The molecule has 0 aliphatic rings. The number of aromatic nitrogens is 5. The van der Waals surface area contributed by atoms with E-state index in [0.29, 0.717) is 18.2 Å². The van der Waals surface area contributed by atoms with E-state index in [4.69, 9.17) is 0 Å². The number of pyridine rings is 1. The van der Waals surface area contributed by atoms with E-state index >= 15 is 0 Å². The molecule has 7 heteroatoms. The van der Waals surface area contributed by atoms with Crippen LogP contribution in [0.3, 0.4) is 0 Å². The molecule has 0 saturated carbocycles. The van der Waals surface area contributed by atoms with E-state index in [1.54, 1.807) is 10.9 Å². The van der Waals surface area contributed by atoms with Crippen molar-refractivity contribution in [3.8, 4) is 5.82 Å². The summed E-state index contributed by atoms with van der Waals surface area (Å²) >= 11 is 0. The van der Waals surface area contributed by atoms with E-state index in [0.717, 1.165) is 18.4 Å². The normalized spacial score (nSPS) is 11.7. The van der Waals surface area contributed by atoms with Gasteiger partial charge >= 0.3 is 0 Å². The summed E-state index contributed by atoms with van der Waals surface area (Å²) in [6.07, 6.45) is 3.46. The average Bonchev–Trinajstić information content (AvgIpc) is 3.11. The van der Waals surface area contributed by atoms with Crippen LogP contribution in [0.25, 0.3) is 5.82 Å². The van der Waals surface area contributed by atoms with Crippen molar-refractivity contribution >= 4 is 0 Å². The minimum absolute atomic E-state index is 0.201. The number of hydrogen-bond donors (Lipinski definition) is 1. The van der Waals surface area contributed by atoms with Gasteiger partial charge in [0.25, 0.3) is 0 Å². The second kappa shape index (κ2) is 7.70. The Morgan fingerprint density at radius 3 is 2.62 bits per heavy atom. The molecule has 3 rings (SSSR count). The van der Waals surface area contributed by atoms with E-state index < -0.39 is 0 Å². The third-order valence-electron chi connectivity index (χ3n) is 4.25. The molecular weight excluding hydrogens is 331 g/mol. The van der Waals surface area contributed by atoms with E-state index in [1.165, 1.54) is 17.7 Å². The SMILES string of the molecule is CCc1ccnc(-n2nnnc2CNC(C)(C)Cc2ccc(F)cc2)c1. The maximum Gasteiger partial charge on any atom is 0.172 e. The van der Waals surface area contributed by atoms with Crippen LogP contribution in [0, 0.1) is 5.82 Å². The predicted molar refractivity (Wildman–Crippen MR) is 97.3 cm³/mol. The number of aryl methyl sites for hydroxylation is 1. The highest BCUT2D eigenvalue weighted by molar-refractivity contribution is 5.27. The minimum Gasteiger partial charge on any atom is -0.304 e. The zero-order chi connectivity index (χ0) is 18.6. The summed E-state index contributed by atoms with van der Waals surface area (Å²) in [5.41, 5.74) is 2.05. The molecule has 6 nitrogen and oxygen atoms in total. The molecule has 0 fully saturated rings. The zero-order valence-electron chi connectivity index (χ0n) is 15.3. The number of rotatable bonds is 7. The van der Waals surface area contributed by atoms with Gasteiger partial charge in [0.05, 0.1) is 6.54 Å². The number of benzene rings is 1. The Balaban J connectivity index is 1.69. The summed E-state index contributed by atoms with van der Waals surface area (Å²) in [6.45, 7) is 6.79. The quantitative estimate of drug-likeness (QED) is 0.707. The standard InChI is InChI=1S/C19H23FN6/c1-4-14-9-10-21-17(11-14)26-18(23-24-25-26)13-22-19(2,3)12-15-5-7-16(20)8-6-15/h5-11,22H,4,12-13H2,1-3H3. The van der Waals surface area contributed by atoms with Crippen LogP contribution in [0.1, 0.15) is 37.7 Å². The van der Waals surface area contributed by atoms with Crippen molar-refractivity contribution in [1.82, 2.24) is 30.5 Å². The molecule has 136 valence electrons. The monoisotopic (exact) mass is 354 g/mol. The molecule has 1 aromatic carbocycles. The largest absolute Gasteiger partial charge is 0.304 e. The second-order valence-electron chi connectivity index (χ2n) is 6.92. The lowest BCUT2D eigenvalue weighted by atomic mass is 9.95. The van der Waals surface area contributed by atoms with Crippen molar-refractivity contribution in [3.05, 3.63) is 65.4 Å². The maximum absolute atomic E-state index is 13.1. The maximum atomic E-state index is 13.1. The fraction of sp³-hybridized carbons (Fsp3) is 0.368. The Kier molecular flexibility index (Phi) is 5.37. The Morgan fingerprint density at radius 1 is 1.12 bits per heavy atom. The molecule has 0 atom stereocenters. The third kappa shape index (κ3) is 4.49. The molecule has 2 heterocycles. The number of halogens is 1. The smallest absolute Gasteiger partial charge is 0.172 e. The topological polar surface area (TPSA) is 68.5 Å². The molecule has 0 radical (unpaired) electrons. The van der Waals surface area contributed by atoms with Crippen molar-refractivity contribution in [3.63, 3.8) is 0 Å². The van der Waals surface area contributed by atoms with E-state index in [2.05, 4.69) is 46.6 Å². The number of nitrogens with zero attached hydrogens (tertiary/aromatic N) is 5. The Labute approximate surface area is 152 Å². The molecule has 2 aromatic heterocycles. The van der Waals surface area contributed by atoms with Gasteiger partial charge in [0, 0.05) is 11.7 Å². The average molecular weight is 354 g/mol. The van der Waals surface area contributed by atoms with Gasteiger partial charge in [-0.05, 0) is 72.5 Å². The third-order valence-corrected chi connectivity index (χ3v) is 4.25. The summed E-state index contributed by atoms with van der Waals surface area (Å²) in [5, 5.41) is 15.5. The van der Waals surface area contributed by atoms with Crippen LogP contribution in [0.5, 0.6) is 0 Å². The molecule has 0 aliphatic carbocycles. The minimum atomic E-state index is -0.222.